The topological polar surface area (TPSA) is 88.4 Å². The number of carbonyl (C=O) groups excluding carboxylic acids is 1. The van der Waals surface area contributed by atoms with Crippen LogP contribution in [-0.4, -0.2) is 45.8 Å². The second-order valence-electron chi connectivity index (χ2n) is 8.76. The zero-order valence-electron chi connectivity index (χ0n) is 20.5. The average Bonchev–Trinajstić information content (AvgIpc) is 3.25. The molecule has 0 spiro atoms. The highest BCUT2D eigenvalue weighted by Crippen LogP contribution is 2.31. The van der Waals surface area contributed by atoms with Gasteiger partial charge in [0.1, 0.15) is 11.4 Å². The molecule has 2 heterocycles. The van der Waals surface area contributed by atoms with Gasteiger partial charge in [0.05, 0.1) is 49.4 Å². The minimum Gasteiger partial charge on any atom is -0.489 e. The molecule has 1 fully saturated rings. The van der Waals surface area contributed by atoms with E-state index in [1.165, 1.54) is 7.11 Å². The first kappa shape index (κ1) is 24.6. The van der Waals surface area contributed by atoms with Crippen LogP contribution in [0.2, 0.25) is 0 Å². The van der Waals surface area contributed by atoms with E-state index in [-0.39, 0.29) is 18.0 Å². The smallest absolute Gasteiger partial charge is 0.308 e. The monoisotopic (exact) mass is 476 g/mol. The number of hydrogen-bond acceptors (Lipinski definition) is 7. The Labute approximate surface area is 205 Å². The van der Waals surface area contributed by atoms with Crippen LogP contribution in [0.5, 0.6) is 5.75 Å². The second kappa shape index (κ2) is 11.8. The summed E-state index contributed by atoms with van der Waals surface area (Å²) in [5.41, 5.74) is 4.19. The minimum absolute atomic E-state index is 0.0231. The summed E-state index contributed by atoms with van der Waals surface area (Å²) in [6.07, 6.45) is 7.26. The van der Waals surface area contributed by atoms with Crippen molar-refractivity contribution in [3.05, 3.63) is 65.5 Å². The van der Waals surface area contributed by atoms with Gasteiger partial charge in [0.25, 0.3) is 0 Å². The molecule has 2 aromatic heterocycles. The largest absolute Gasteiger partial charge is 0.489 e. The quantitative estimate of drug-likeness (QED) is 0.331. The van der Waals surface area contributed by atoms with E-state index >= 15 is 0 Å². The number of pyridine rings is 1. The van der Waals surface area contributed by atoms with Crippen molar-refractivity contribution in [2.75, 3.05) is 13.7 Å². The lowest BCUT2D eigenvalue weighted by atomic mass is 9.87. The number of benzene rings is 1. The Morgan fingerprint density at radius 2 is 2.00 bits per heavy atom. The Bertz CT molecular complexity index is 1160. The zero-order chi connectivity index (χ0) is 24.6. The summed E-state index contributed by atoms with van der Waals surface area (Å²) >= 11 is 0. The molecule has 0 unspecified atom stereocenters. The van der Waals surface area contributed by atoms with Crippen LogP contribution in [0.1, 0.15) is 42.6 Å². The fourth-order valence-corrected chi connectivity index (χ4v) is 4.33. The van der Waals surface area contributed by atoms with Crippen LogP contribution in [0.25, 0.3) is 17.5 Å². The SMILES string of the molecule is COC(=O)[C@H]1CCC[C@H](Oc2ccc(-c3nnn(C)c3/C=C/COCc3ccccc3)nc2C)C1. The maximum absolute atomic E-state index is 11.9. The number of nitrogens with zero attached hydrogens (tertiary/aromatic N) is 4. The molecule has 1 saturated carbocycles. The van der Waals surface area contributed by atoms with E-state index < -0.39 is 0 Å². The minimum atomic E-state index is -0.155. The Morgan fingerprint density at radius 3 is 2.77 bits per heavy atom. The summed E-state index contributed by atoms with van der Waals surface area (Å²) in [6.45, 7) is 2.96. The molecule has 8 heteroatoms. The molecule has 0 saturated heterocycles. The number of aryl methyl sites for hydroxylation is 2. The van der Waals surface area contributed by atoms with E-state index in [0.29, 0.717) is 25.3 Å². The Morgan fingerprint density at radius 1 is 1.17 bits per heavy atom. The number of aromatic nitrogens is 4. The fraction of sp³-hybridized carbons (Fsp3) is 0.407. The molecule has 0 N–H and O–H groups in total. The summed E-state index contributed by atoms with van der Waals surface area (Å²) in [5, 5.41) is 8.50. The maximum atomic E-state index is 11.9. The van der Waals surface area contributed by atoms with Crippen LogP contribution in [0, 0.1) is 12.8 Å². The van der Waals surface area contributed by atoms with Gasteiger partial charge >= 0.3 is 5.97 Å². The molecular weight excluding hydrogens is 444 g/mol. The van der Waals surface area contributed by atoms with E-state index in [9.17, 15) is 4.79 Å². The molecule has 35 heavy (non-hydrogen) atoms. The molecule has 8 nitrogen and oxygen atoms in total. The molecule has 1 aliphatic carbocycles. The van der Waals surface area contributed by atoms with Gasteiger partial charge in [-0.1, -0.05) is 41.6 Å². The van der Waals surface area contributed by atoms with Gasteiger partial charge in [-0.05, 0) is 56.4 Å². The molecular formula is C27H32N4O4. The summed E-state index contributed by atoms with van der Waals surface area (Å²) in [4.78, 5) is 16.7. The van der Waals surface area contributed by atoms with E-state index in [0.717, 1.165) is 47.7 Å². The van der Waals surface area contributed by atoms with Crippen LogP contribution in [0.3, 0.4) is 0 Å². The first-order valence-electron chi connectivity index (χ1n) is 12.0. The van der Waals surface area contributed by atoms with Gasteiger partial charge < -0.3 is 14.2 Å². The van der Waals surface area contributed by atoms with Gasteiger partial charge in [-0.3, -0.25) is 4.79 Å². The highest BCUT2D eigenvalue weighted by Gasteiger charge is 2.29. The number of methoxy groups -OCH3 is 1. The van der Waals surface area contributed by atoms with Crippen molar-refractivity contribution in [3.63, 3.8) is 0 Å². The molecule has 3 aromatic rings. The van der Waals surface area contributed by atoms with Gasteiger partial charge in [0.15, 0.2) is 0 Å². The van der Waals surface area contributed by atoms with Crippen molar-refractivity contribution in [1.82, 2.24) is 20.0 Å². The third-order valence-electron chi connectivity index (χ3n) is 6.21. The average molecular weight is 477 g/mol. The molecule has 1 aromatic carbocycles. The number of rotatable bonds is 9. The first-order chi connectivity index (χ1) is 17.0. The molecule has 2 atom stereocenters. The molecule has 184 valence electrons. The second-order valence-corrected chi connectivity index (χ2v) is 8.76. The van der Waals surface area contributed by atoms with Crippen LogP contribution >= 0.6 is 0 Å². The molecule has 0 aliphatic heterocycles. The Hall–Kier alpha value is -3.52. The molecule has 0 radical (unpaired) electrons. The summed E-state index contributed by atoms with van der Waals surface area (Å²) in [7, 11) is 3.29. The zero-order valence-corrected chi connectivity index (χ0v) is 20.5. The van der Waals surface area contributed by atoms with Crippen LogP contribution in [0.4, 0.5) is 0 Å². The van der Waals surface area contributed by atoms with Crippen LogP contribution in [-0.2, 0) is 27.9 Å². The van der Waals surface area contributed by atoms with Crippen LogP contribution in [0.15, 0.2) is 48.5 Å². The van der Waals surface area contributed by atoms with Crippen molar-refractivity contribution in [2.24, 2.45) is 13.0 Å². The number of ether oxygens (including phenoxy) is 3. The number of esters is 1. The van der Waals surface area contributed by atoms with Crippen molar-refractivity contribution in [3.8, 4) is 17.1 Å². The van der Waals surface area contributed by atoms with E-state index in [1.807, 2.05) is 68.6 Å². The lowest BCUT2D eigenvalue weighted by Gasteiger charge is -2.28. The molecule has 1 aliphatic rings. The van der Waals surface area contributed by atoms with Crippen molar-refractivity contribution >= 4 is 12.0 Å². The molecule has 4 rings (SSSR count). The number of hydrogen-bond donors (Lipinski definition) is 0. The summed E-state index contributed by atoms with van der Waals surface area (Å²) < 4.78 is 18.6. The summed E-state index contributed by atoms with van der Waals surface area (Å²) in [5.74, 6) is 0.466. The van der Waals surface area contributed by atoms with Gasteiger partial charge in [0, 0.05) is 7.05 Å². The normalized spacial score (nSPS) is 18.0. The number of carbonyl (C=O) groups is 1. The highest BCUT2D eigenvalue weighted by atomic mass is 16.5. The lowest BCUT2D eigenvalue weighted by Crippen LogP contribution is -2.30. The van der Waals surface area contributed by atoms with Crippen molar-refractivity contribution < 1.29 is 19.0 Å². The molecule has 0 bridgehead atoms. The predicted molar refractivity (Wildman–Crippen MR) is 132 cm³/mol. The Balaban J connectivity index is 1.40. The van der Waals surface area contributed by atoms with Crippen LogP contribution < -0.4 is 4.74 Å². The van der Waals surface area contributed by atoms with Gasteiger partial charge in [-0.25, -0.2) is 9.67 Å². The standard InChI is InChI=1S/C27H32N4O4/c1-19-25(35-22-12-7-11-21(17-22)27(32)33-3)15-14-23(28-19)26-24(31(2)30-29-26)13-8-16-34-18-20-9-5-4-6-10-20/h4-6,8-10,13-15,21-22H,7,11-12,16-18H2,1-3H3/b13-8+/t21-,22-/m0/s1. The third kappa shape index (κ3) is 6.33. The van der Waals surface area contributed by atoms with Crippen molar-refractivity contribution in [2.45, 2.75) is 45.3 Å². The first-order valence-corrected chi connectivity index (χ1v) is 12.0. The van der Waals surface area contributed by atoms with Gasteiger partial charge in [-0.15, -0.1) is 5.10 Å². The molecule has 0 amide bonds. The maximum Gasteiger partial charge on any atom is 0.308 e. The van der Waals surface area contributed by atoms with E-state index in [4.69, 9.17) is 19.2 Å². The van der Waals surface area contributed by atoms with E-state index in [2.05, 4.69) is 10.3 Å². The van der Waals surface area contributed by atoms with Gasteiger partial charge in [0.2, 0.25) is 0 Å². The summed E-state index contributed by atoms with van der Waals surface area (Å²) in [6, 6.07) is 13.9. The Kier molecular flexibility index (Phi) is 8.26. The third-order valence-corrected chi connectivity index (χ3v) is 6.21. The lowest BCUT2D eigenvalue weighted by molar-refractivity contribution is -0.147. The van der Waals surface area contributed by atoms with Crippen molar-refractivity contribution in [1.29, 1.82) is 0 Å². The van der Waals surface area contributed by atoms with E-state index in [1.54, 1.807) is 4.68 Å². The predicted octanol–water partition coefficient (Wildman–Crippen LogP) is 4.53. The fourth-order valence-electron chi connectivity index (χ4n) is 4.33. The highest BCUT2D eigenvalue weighted by molar-refractivity contribution is 5.72. The van der Waals surface area contributed by atoms with Gasteiger partial charge in [-0.2, -0.15) is 0 Å².